The molecule has 4 nitrogen and oxygen atoms in total. The van der Waals surface area contributed by atoms with Crippen LogP contribution in [-0.4, -0.2) is 31.2 Å². The van der Waals surface area contributed by atoms with Crippen molar-refractivity contribution in [3.8, 4) is 0 Å². The van der Waals surface area contributed by atoms with Crippen molar-refractivity contribution in [2.45, 2.75) is 83.2 Å². The molecule has 0 aromatic heterocycles. The molecule has 0 heterocycles. The fourth-order valence-electron chi connectivity index (χ4n) is 3.19. The van der Waals surface area contributed by atoms with Crippen LogP contribution in [0.4, 0.5) is 0 Å². The van der Waals surface area contributed by atoms with Crippen LogP contribution in [0.3, 0.4) is 0 Å². The first-order valence-corrected chi connectivity index (χ1v) is 15.6. The van der Waals surface area contributed by atoms with Crippen molar-refractivity contribution in [1.29, 1.82) is 0 Å². The molecular formula is C26H42N2O2SSi. The smallest absolute Gasteiger partial charge is 0.192 e. The predicted molar refractivity (Wildman–Crippen MR) is 140 cm³/mol. The van der Waals surface area contributed by atoms with Crippen molar-refractivity contribution in [1.82, 2.24) is 10.0 Å². The van der Waals surface area contributed by atoms with Crippen molar-refractivity contribution >= 4 is 19.3 Å². The summed E-state index contributed by atoms with van der Waals surface area (Å²) in [4.78, 5) is 0.799. The molecule has 0 amide bonds. The number of aryl methyl sites for hydroxylation is 1. The average Bonchev–Trinajstić information content (AvgIpc) is 2.72. The number of hydrogen-bond donors (Lipinski definition) is 2. The quantitative estimate of drug-likeness (QED) is 0.404. The molecule has 32 heavy (non-hydrogen) atoms. The molecule has 0 saturated carbocycles. The topological polar surface area (TPSA) is 50.4 Å². The maximum atomic E-state index is 13.2. The molecule has 0 aliphatic carbocycles. The lowest BCUT2D eigenvalue weighted by Crippen LogP contribution is -2.55. The first kappa shape index (κ1) is 26.9. The Balaban J connectivity index is 2.21. The Hall–Kier alpha value is -1.31. The molecular weight excluding hydrogens is 432 g/mol. The van der Waals surface area contributed by atoms with E-state index in [2.05, 4.69) is 82.0 Å². The van der Waals surface area contributed by atoms with Crippen LogP contribution < -0.4 is 10.0 Å². The Kier molecular flexibility index (Phi) is 9.85. The molecule has 2 N–H and O–H groups in total. The molecule has 0 spiro atoms. The second kappa shape index (κ2) is 11.7. The fourth-order valence-corrected chi connectivity index (χ4v) is 5.42. The van der Waals surface area contributed by atoms with Gasteiger partial charge >= 0.3 is 0 Å². The van der Waals surface area contributed by atoms with E-state index in [4.69, 9.17) is 4.43 Å². The molecule has 0 aliphatic heterocycles. The molecule has 178 valence electrons. The van der Waals surface area contributed by atoms with Gasteiger partial charge in [-0.3, -0.25) is 0 Å². The molecule has 0 unspecified atom stereocenters. The number of rotatable bonds is 11. The summed E-state index contributed by atoms with van der Waals surface area (Å²) in [7, 11) is -3.20. The Morgan fingerprint density at radius 2 is 1.59 bits per heavy atom. The van der Waals surface area contributed by atoms with Crippen molar-refractivity contribution in [3.63, 3.8) is 0 Å². The standard InChI is InChI=1S/C26H42N2O2SSi/c1-20(2)25(28-31(29)23-16-14-21(3)15-17-23)24(19-30-32(7,8)26(4,5)6)27-18-22-12-10-9-11-13-22/h9-17,20,24-25,27-28H,18-19H2,1-8H3/t24-,25-,31+/m1/s1. The van der Waals surface area contributed by atoms with Crippen LogP contribution in [0.15, 0.2) is 59.5 Å². The molecule has 0 fully saturated rings. The van der Waals surface area contributed by atoms with Gasteiger partial charge in [0.2, 0.25) is 0 Å². The highest BCUT2D eigenvalue weighted by Gasteiger charge is 2.38. The van der Waals surface area contributed by atoms with E-state index in [0.29, 0.717) is 6.61 Å². The summed E-state index contributed by atoms with van der Waals surface area (Å²) in [5.41, 5.74) is 2.39. The summed E-state index contributed by atoms with van der Waals surface area (Å²) in [6, 6.07) is 18.3. The van der Waals surface area contributed by atoms with Crippen LogP contribution in [0.25, 0.3) is 0 Å². The molecule has 0 saturated heterocycles. The lowest BCUT2D eigenvalue weighted by atomic mass is 9.97. The van der Waals surface area contributed by atoms with Crippen LogP contribution in [0, 0.1) is 12.8 Å². The lowest BCUT2D eigenvalue weighted by molar-refractivity contribution is 0.201. The van der Waals surface area contributed by atoms with E-state index < -0.39 is 19.3 Å². The second-order valence-electron chi connectivity index (χ2n) is 10.5. The maximum absolute atomic E-state index is 13.2. The number of benzene rings is 2. The van der Waals surface area contributed by atoms with E-state index >= 15 is 0 Å². The monoisotopic (exact) mass is 474 g/mol. The third-order valence-corrected chi connectivity index (χ3v) is 12.2. The highest BCUT2D eigenvalue weighted by molar-refractivity contribution is 7.83. The molecule has 2 aromatic carbocycles. The van der Waals surface area contributed by atoms with E-state index in [9.17, 15) is 4.21 Å². The molecule has 0 bridgehead atoms. The van der Waals surface area contributed by atoms with Gasteiger partial charge in [-0.2, -0.15) is 0 Å². The van der Waals surface area contributed by atoms with E-state index in [1.165, 1.54) is 5.56 Å². The zero-order valence-electron chi connectivity index (χ0n) is 21.1. The Bertz CT molecular complexity index is 848. The summed E-state index contributed by atoms with van der Waals surface area (Å²) in [5.74, 6) is 0.278. The zero-order valence-corrected chi connectivity index (χ0v) is 22.9. The van der Waals surface area contributed by atoms with Crippen LogP contribution in [0.5, 0.6) is 0 Å². The fraction of sp³-hybridized carbons (Fsp3) is 0.538. The van der Waals surface area contributed by atoms with E-state index in [1.807, 2.05) is 37.3 Å². The van der Waals surface area contributed by atoms with E-state index in [0.717, 1.165) is 17.0 Å². The summed E-state index contributed by atoms with van der Waals surface area (Å²) in [6.07, 6.45) is 0. The van der Waals surface area contributed by atoms with Crippen molar-refractivity contribution in [2.24, 2.45) is 5.92 Å². The summed E-state index contributed by atoms with van der Waals surface area (Å²) < 4.78 is 23.2. The van der Waals surface area contributed by atoms with Gasteiger partial charge in [0, 0.05) is 18.6 Å². The Morgan fingerprint density at radius 3 is 2.12 bits per heavy atom. The summed E-state index contributed by atoms with van der Waals surface area (Å²) in [5, 5.41) is 3.85. The molecule has 0 aliphatic rings. The minimum absolute atomic E-state index is 0.00869. The normalized spacial score (nSPS) is 15.5. The van der Waals surface area contributed by atoms with Gasteiger partial charge in [0.05, 0.1) is 11.5 Å². The van der Waals surface area contributed by atoms with Crippen molar-refractivity contribution in [2.75, 3.05) is 6.61 Å². The van der Waals surface area contributed by atoms with E-state index in [-0.39, 0.29) is 23.0 Å². The van der Waals surface area contributed by atoms with Gasteiger partial charge in [-0.05, 0) is 48.7 Å². The highest BCUT2D eigenvalue weighted by Crippen LogP contribution is 2.36. The first-order valence-electron chi connectivity index (χ1n) is 11.6. The van der Waals surface area contributed by atoms with Gasteiger partial charge in [-0.15, -0.1) is 0 Å². The minimum Gasteiger partial charge on any atom is -0.415 e. The van der Waals surface area contributed by atoms with E-state index in [1.54, 1.807) is 0 Å². The molecule has 2 aromatic rings. The molecule has 3 atom stereocenters. The van der Waals surface area contributed by atoms with Crippen molar-refractivity contribution in [3.05, 3.63) is 65.7 Å². The average molecular weight is 475 g/mol. The second-order valence-corrected chi connectivity index (χ2v) is 16.6. The Labute approximate surface area is 199 Å². The predicted octanol–water partition coefficient (Wildman–Crippen LogP) is 5.81. The van der Waals surface area contributed by atoms with Crippen LogP contribution in [-0.2, 0) is 22.0 Å². The lowest BCUT2D eigenvalue weighted by Gasteiger charge is -2.39. The van der Waals surface area contributed by atoms with Gasteiger partial charge in [-0.25, -0.2) is 8.93 Å². The summed E-state index contributed by atoms with van der Waals surface area (Å²) >= 11 is 0. The number of nitrogens with one attached hydrogen (secondary N) is 2. The SMILES string of the molecule is Cc1ccc([S@](=O)N[C@H](C(C)C)[C@@H](CO[Si](C)(C)C(C)(C)C)NCc2ccccc2)cc1. The van der Waals surface area contributed by atoms with Gasteiger partial charge in [0.25, 0.3) is 0 Å². The molecule has 2 rings (SSSR count). The molecule has 0 radical (unpaired) electrons. The third-order valence-electron chi connectivity index (χ3n) is 6.47. The Morgan fingerprint density at radius 1 is 1.00 bits per heavy atom. The van der Waals surface area contributed by atoms with Gasteiger partial charge in [0.15, 0.2) is 8.32 Å². The van der Waals surface area contributed by atoms with Gasteiger partial charge in [-0.1, -0.05) is 82.6 Å². The van der Waals surface area contributed by atoms with Crippen LogP contribution in [0.1, 0.15) is 45.7 Å². The van der Waals surface area contributed by atoms with Crippen LogP contribution >= 0.6 is 0 Å². The molecule has 6 heteroatoms. The zero-order chi connectivity index (χ0) is 23.9. The van der Waals surface area contributed by atoms with Gasteiger partial charge < -0.3 is 9.74 Å². The van der Waals surface area contributed by atoms with Gasteiger partial charge in [0.1, 0.15) is 11.0 Å². The van der Waals surface area contributed by atoms with Crippen molar-refractivity contribution < 1.29 is 8.63 Å². The first-order chi connectivity index (χ1) is 14.9. The maximum Gasteiger partial charge on any atom is 0.192 e. The summed E-state index contributed by atoms with van der Waals surface area (Å²) in [6.45, 7) is 19.1. The highest BCUT2D eigenvalue weighted by atomic mass is 32.2. The largest absolute Gasteiger partial charge is 0.415 e. The number of hydrogen-bond acceptors (Lipinski definition) is 3. The third kappa shape index (κ3) is 7.92. The minimum atomic E-state index is -1.91. The van der Waals surface area contributed by atoms with Crippen LogP contribution in [0.2, 0.25) is 18.1 Å².